The fourth-order valence-corrected chi connectivity index (χ4v) is 0.789. The van der Waals surface area contributed by atoms with E-state index in [4.69, 9.17) is 10.8 Å². The Kier molecular flexibility index (Phi) is 2.57. The summed E-state index contributed by atoms with van der Waals surface area (Å²) in [6, 6.07) is 4.61. The van der Waals surface area contributed by atoms with Crippen molar-refractivity contribution in [1.29, 1.82) is 0 Å². The van der Waals surface area contributed by atoms with Crippen LogP contribution in [0.5, 0.6) is 5.75 Å². The highest BCUT2D eigenvalue weighted by Crippen LogP contribution is 2.17. The molecule has 1 aromatic carbocycles. The molecule has 0 aliphatic heterocycles. The van der Waals surface area contributed by atoms with E-state index in [0.717, 1.165) is 0 Å². The van der Waals surface area contributed by atoms with Gasteiger partial charge in [0.2, 0.25) is 0 Å². The molecule has 0 atom stereocenters. The number of nitrogen functional groups attached to an aromatic ring is 1. The average Bonchev–Trinajstić information content (AvgIpc) is 2.07. The highest BCUT2D eigenvalue weighted by molar-refractivity contribution is 5.54. The fraction of sp³-hybridized carbons (Fsp3) is 0.111. The Labute approximate surface area is 70.5 Å². The molecule has 12 heavy (non-hydrogen) atoms. The van der Waals surface area contributed by atoms with Gasteiger partial charge in [-0.3, -0.25) is 0 Å². The number of aliphatic hydroxyl groups is 1. The normalized spacial score (nSPS) is 8.75. The van der Waals surface area contributed by atoms with Crippen LogP contribution in [0.2, 0.25) is 0 Å². The molecule has 0 fully saturated rings. The zero-order valence-electron chi connectivity index (χ0n) is 6.41. The quantitative estimate of drug-likeness (QED) is 0.293. The van der Waals surface area contributed by atoms with Crippen LogP contribution >= 0.6 is 0 Å². The van der Waals surface area contributed by atoms with E-state index in [0.29, 0.717) is 11.3 Å². The molecule has 1 rings (SSSR count). The maximum Gasteiger partial charge on any atom is 0.131 e. The van der Waals surface area contributed by atoms with Crippen LogP contribution in [0.1, 0.15) is 5.56 Å². The van der Waals surface area contributed by atoms with E-state index in [1.807, 2.05) is 0 Å². The predicted octanol–water partition coefficient (Wildman–Crippen LogP) is 0.318. The lowest BCUT2D eigenvalue weighted by Crippen LogP contribution is -1.86. The van der Waals surface area contributed by atoms with Crippen LogP contribution < -0.4 is 5.73 Å². The molecule has 0 heterocycles. The molecule has 0 aliphatic carbocycles. The van der Waals surface area contributed by atoms with Crippen LogP contribution in [-0.2, 0) is 0 Å². The minimum atomic E-state index is -0.228. The lowest BCUT2D eigenvalue weighted by molar-refractivity contribution is 0.350. The summed E-state index contributed by atoms with van der Waals surface area (Å²) in [5, 5.41) is 17.6. The molecule has 3 nitrogen and oxygen atoms in total. The minimum absolute atomic E-state index is 0.0742. The lowest BCUT2D eigenvalue weighted by atomic mass is 10.2. The number of hydrogen-bond donors (Lipinski definition) is 3. The molecule has 62 valence electrons. The van der Waals surface area contributed by atoms with Gasteiger partial charge in [0.1, 0.15) is 12.4 Å². The zero-order chi connectivity index (χ0) is 8.97. The molecule has 0 aliphatic rings. The Morgan fingerprint density at radius 2 is 2.17 bits per heavy atom. The van der Waals surface area contributed by atoms with Crippen molar-refractivity contribution in [2.75, 3.05) is 12.3 Å². The van der Waals surface area contributed by atoms with E-state index < -0.39 is 0 Å². The molecule has 0 spiro atoms. The Morgan fingerprint density at radius 1 is 1.42 bits per heavy atom. The van der Waals surface area contributed by atoms with E-state index in [9.17, 15) is 5.11 Å². The van der Waals surface area contributed by atoms with Crippen LogP contribution in [0.15, 0.2) is 18.2 Å². The van der Waals surface area contributed by atoms with Gasteiger partial charge in [0.15, 0.2) is 0 Å². The van der Waals surface area contributed by atoms with Crippen LogP contribution in [0.25, 0.3) is 0 Å². The summed E-state index contributed by atoms with van der Waals surface area (Å²) >= 11 is 0. The van der Waals surface area contributed by atoms with Crippen LogP contribution in [-0.4, -0.2) is 16.8 Å². The van der Waals surface area contributed by atoms with E-state index >= 15 is 0 Å². The molecular weight excluding hydrogens is 154 g/mol. The molecule has 0 aromatic heterocycles. The molecule has 1 aromatic rings. The summed E-state index contributed by atoms with van der Waals surface area (Å²) in [5.74, 6) is 5.07. The Bertz CT molecular complexity index is 336. The topological polar surface area (TPSA) is 66.5 Å². The van der Waals surface area contributed by atoms with E-state index in [2.05, 4.69) is 11.8 Å². The number of anilines is 1. The summed E-state index contributed by atoms with van der Waals surface area (Å²) in [4.78, 5) is 0. The highest BCUT2D eigenvalue weighted by Gasteiger charge is 1.96. The smallest absolute Gasteiger partial charge is 0.131 e. The third-order valence-electron chi connectivity index (χ3n) is 1.32. The van der Waals surface area contributed by atoms with Crippen molar-refractivity contribution in [2.24, 2.45) is 0 Å². The number of rotatable bonds is 0. The average molecular weight is 163 g/mol. The monoisotopic (exact) mass is 163 g/mol. The van der Waals surface area contributed by atoms with Gasteiger partial charge in [-0.15, -0.1) is 0 Å². The first kappa shape index (κ1) is 8.44. The molecule has 0 unspecified atom stereocenters. The number of phenolic OH excluding ortho intramolecular Hbond substituents is 1. The van der Waals surface area contributed by atoms with E-state index in [-0.39, 0.29) is 12.4 Å². The second kappa shape index (κ2) is 3.65. The largest absolute Gasteiger partial charge is 0.507 e. The van der Waals surface area contributed by atoms with Gasteiger partial charge in [0.05, 0.1) is 5.56 Å². The molecule has 4 N–H and O–H groups in total. The summed E-state index contributed by atoms with van der Waals surface area (Å²) in [7, 11) is 0. The van der Waals surface area contributed by atoms with Gasteiger partial charge < -0.3 is 15.9 Å². The van der Waals surface area contributed by atoms with Crippen LogP contribution in [0.3, 0.4) is 0 Å². The number of aliphatic hydroxyl groups excluding tert-OH is 1. The van der Waals surface area contributed by atoms with Crippen molar-refractivity contribution in [3.8, 4) is 17.6 Å². The number of phenols is 1. The van der Waals surface area contributed by atoms with Crippen molar-refractivity contribution >= 4 is 5.69 Å². The van der Waals surface area contributed by atoms with Gasteiger partial charge in [-0.25, -0.2) is 0 Å². The minimum Gasteiger partial charge on any atom is -0.507 e. The Morgan fingerprint density at radius 3 is 2.83 bits per heavy atom. The molecule has 0 amide bonds. The van der Waals surface area contributed by atoms with Crippen molar-refractivity contribution in [2.45, 2.75) is 0 Å². The molecule has 0 saturated carbocycles. The van der Waals surface area contributed by atoms with Gasteiger partial charge in [-0.05, 0) is 18.2 Å². The van der Waals surface area contributed by atoms with Crippen LogP contribution in [0.4, 0.5) is 5.69 Å². The first-order chi connectivity index (χ1) is 5.74. The lowest BCUT2D eigenvalue weighted by Gasteiger charge is -1.97. The molecule has 0 bridgehead atoms. The van der Waals surface area contributed by atoms with Gasteiger partial charge in [-0.2, -0.15) is 0 Å². The second-order valence-electron chi connectivity index (χ2n) is 2.24. The maximum absolute atomic E-state index is 9.22. The Balaban J connectivity index is 3.05. The zero-order valence-corrected chi connectivity index (χ0v) is 6.41. The van der Waals surface area contributed by atoms with E-state index in [1.165, 1.54) is 6.07 Å². The standard InChI is InChI=1S/C9H9NO2/c10-8-3-4-9(12)7(6-8)2-1-5-11/h3-4,6,11-12H,5,10H2. The van der Waals surface area contributed by atoms with Crippen molar-refractivity contribution in [1.82, 2.24) is 0 Å². The number of aromatic hydroxyl groups is 1. The van der Waals surface area contributed by atoms with Crippen molar-refractivity contribution < 1.29 is 10.2 Å². The molecular formula is C9H9NO2. The fourth-order valence-electron chi connectivity index (χ4n) is 0.789. The molecule has 3 heteroatoms. The highest BCUT2D eigenvalue weighted by atomic mass is 16.3. The first-order valence-corrected chi connectivity index (χ1v) is 3.42. The van der Waals surface area contributed by atoms with E-state index in [1.54, 1.807) is 12.1 Å². The summed E-state index contributed by atoms with van der Waals surface area (Å²) in [6.07, 6.45) is 0. The molecule has 0 saturated heterocycles. The number of benzene rings is 1. The third-order valence-corrected chi connectivity index (χ3v) is 1.32. The Hall–Kier alpha value is -1.66. The summed E-state index contributed by atoms with van der Waals surface area (Å²) in [5.41, 5.74) is 6.43. The van der Waals surface area contributed by atoms with Crippen molar-refractivity contribution in [3.05, 3.63) is 23.8 Å². The van der Waals surface area contributed by atoms with Gasteiger partial charge in [0.25, 0.3) is 0 Å². The summed E-state index contributed by atoms with van der Waals surface area (Å²) < 4.78 is 0. The van der Waals surface area contributed by atoms with Crippen molar-refractivity contribution in [3.63, 3.8) is 0 Å². The second-order valence-corrected chi connectivity index (χ2v) is 2.24. The van der Waals surface area contributed by atoms with Gasteiger partial charge >= 0.3 is 0 Å². The van der Waals surface area contributed by atoms with Crippen LogP contribution in [0, 0.1) is 11.8 Å². The first-order valence-electron chi connectivity index (χ1n) is 3.42. The number of nitrogens with two attached hydrogens (primary N) is 1. The SMILES string of the molecule is Nc1ccc(O)c(C#CCO)c1. The third kappa shape index (κ3) is 1.91. The molecule has 0 radical (unpaired) electrons. The maximum atomic E-state index is 9.22. The predicted molar refractivity (Wildman–Crippen MR) is 46.5 cm³/mol. The van der Waals surface area contributed by atoms with Gasteiger partial charge in [-0.1, -0.05) is 11.8 Å². The number of hydrogen-bond acceptors (Lipinski definition) is 3. The van der Waals surface area contributed by atoms with Gasteiger partial charge in [0, 0.05) is 5.69 Å². The summed E-state index contributed by atoms with van der Waals surface area (Å²) in [6.45, 7) is -0.228.